The summed E-state index contributed by atoms with van der Waals surface area (Å²) in [5, 5.41) is 5.26. The Morgan fingerprint density at radius 1 is 1.30 bits per heavy atom. The Bertz CT molecular complexity index is 484. The van der Waals surface area contributed by atoms with Crippen LogP contribution in [-0.4, -0.2) is 25.7 Å². The smallest absolute Gasteiger partial charge is 0.411 e. The average Bonchev–Trinajstić information content (AvgIpc) is 2.39. The highest BCUT2D eigenvalue weighted by atomic mass is 16.5. The van der Waals surface area contributed by atoms with Gasteiger partial charge in [-0.3, -0.25) is 10.1 Å². The molecular weight excluding hydrogens is 256 g/mol. The highest BCUT2D eigenvalue weighted by Gasteiger charge is 2.08. The first-order chi connectivity index (χ1) is 9.42. The van der Waals surface area contributed by atoms with E-state index < -0.39 is 6.09 Å². The van der Waals surface area contributed by atoms with Crippen LogP contribution in [0.4, 0.5) is 10.5 Å². The van der Waals surface area contributed by atoms with E-state index in [0.717, 1.165) is 11.1 Å². The molecule has 0 saturated carbocycles. The van der Waals surface area contributed by atoms with Crippen molar-refractivity contribution in [3.8, 4) is 0 Å². The molecule has 0 aliphatic carbocycles. The maximum absolute atomic E-state index is 11.5. The zero-order valence-corrected chi connectivity index (χ0v) is 12.4. The van der Waals surface area contributed by atoms with Gasteiger partial charge in [-0.1, -0.05) is 19.9 Å². The molecule has 0 aliphatic heterocycles. The van der Waals surface area contributed by atoms with E-state index in [1.165, 1.54) is 0 Å². The number of rotatable bonds is 5. The molecule has 5 nitrogen and oxygen atoms in total. The lowest BCUT2D eigenvalue weighted by Crippen LogP contribution is -2.20. The van der Waals surface area contributed by atoms with Crippen LogP contribution >= 0.6 is 0 Å². The van der Waals surface area contributed by atoms with Crippen molar-refractivity contribution in [2.24, 2.45) is 5.92 Å². The van der Waals surface area contributed by atoms with E-state index in [-0.39, 0.29) is 5.91 Å². The Morgan fingerprint density at radius 2 is 2.00 bits per heavy atom. The second kappa shape index (κ2) is 7.53. The molecule has 0 bridgehead atoms. The van der Waals surface area contributed by atoms with Crippen LogP contribution < -0.4 is 10.6 Å². The molecule has 0 unspecified atom stereocenters. The molecule has 0 heterocycles. The molecule has 0 spiro atoms. The van der Waals surface area contributed by atoms with Crippen molar-refractivity contribution >= 4 is 17.7 Å². The maximum atomic E-state index is 11.5. The van der Waals surface area contributed by atoms with Gasteiger partial charge in [0.2, 0.25) is 5.91 Å². The minimum absolute atomic E-state index is 0.0369. The zero-order valence-electron chi connectivity index (χ0n) is 12.4. The first-order valence-electron chi connectivity index (χ1n) is 6.66. The van der Waals surface area contributed by atoms with E-state index in [1.54, 1.807) is 13.1 Å². The second-order valence-corrected chi connectivity index (χ2v) is 5.11. The van der Waals surface area contributed by atoms with Gasteiger partial charge in [0.1, 0.15) is 0 Å². The van der Waals surface area contributed by atoms with Crippen molar-refractivity contribution < 1.29 is 14.3 Å². The quantitative estimate of drug-likeness (QED) is 0.869. The van der Waals surface area contributed by atoms with Crippen LogP contribution in [-0.2, 0) is 16.0 Å². The Hall–Kier alpha value is -2.04. The number of anilines is 1. The summed E-state index contributed by atoms with van der Waals surface area (Å²) in [7, 11) is 1.61. The molecule has 0 fully saturated rings. The van der Waals surface area contributed by atoms with Crippen LogP contribution in [0.3, 0.4) is 0 Å². The van der Waals surface area contributed by atoms with Crippen LogP contribution in [0.2, 0.25) is 0 Å². The zero-order chi connectivity index (χ0) is 15.1. The highest BCUT2D eigenvalue weighted by Crippen LogP contribution is 2.16. The molecule has 0 aliphatic rings. The minimum atomic E-state index is -0.461. The van der Waals surface area contributed by atoms with Crippen molar-refractivity contribution in [3.63, 3.8) is 0 Å². The monoisotopic (exact) mass is 278 g/mol. The summed E-state index contributed by atoms with van der Waals surface area (Å²) in [6, 6.07) is 5.43. The third-order valence-electron chi connectivity index (χ3n) is 2.77. The van der Waals surface area contributed by atoms with Gasteiger partial charge >= 0.3 is 6.09 Å². The molecule has 1 rings (SSSR count). The summed E-state index contributed by atoms with van der Waals surface area (Å²) in [5.41, 5.74) is 2.55. The van der Waals surface area contributed by atoms with E-state index in [0.29, 0.717) is 24.6 Å². The van der Waals surface area contributed by atoms with Gasteiger partial charge in [-0.15, -0.1) is 0 Å². The van der Waals surface area contributed by atoms with E-state index in [4.69, 9.17) is 4.74 Å². The molecular formula is C15H22N2O3. The summed E-state index contributed by atoms with van der Waals surface area (Å²) in [6.45, 7) is 6.25. The molecule has 2 N–H and O–H groups in total. The second-order valence-electron chi connectivity index (χ2n) is 5.11. The van der Waals surface area contributed by atoms with Crippen molar-refractivity contribution in [3.05, 3.63) is 29.3 Å². The lowest BCUT2D eigenvalue weighted by atomic mass is 10.0. The highest BCUT2D eigenvalue weighted by molar-refractivity contribution is 5.85. The standard InChI is InChI=1S/C15H22N2O3/c1-10(2)9-20-15(19)17-13-6-5-12(11(3)7-13)8-14(18)16-4/h5-7,10H,8-9H2,1-4H3,(H,16,18)(H,17,19). The summed E-state index contributed by atoms with van der Waals surface area (Å²) in [5.74, 6) is 0.266. The van der Waals surface area contributed by atoms with Crippen molar-refractivity contribution in [1.82, 2.24) is 5.32 Å². The van der Waals surface area contributed by atoms with Gasteiger partial charge in [-0.25, -0.2) is 4.79 Å². The average molecular weight is 278 g/mol. The number of carbonyl (C=O) groups excluding carboxylic acids is 2. The Labute approximate surface area is 119 Å². The first kappa shape index (κ1) is 16.0. The molecule has 110 valence electrons. The van der Waals surface area contributed by atoms with Crippen LogP contribution in [0.1, 0.15) is 25.0 Å². The Morgan fingerprint density at radius 3 is 2.55 bits per heavy atom. The van der Waals surface area contributed by atoms with E-state index in [2.05, 4.69) is 10.6 Å². The number of hydrogen-bond acceptors (Lipinski definition) is 3. The summed E-state index contributed by atoms with van der Waals surface area (Å²) in [4.78, 5) is 22.9. The largest absolute Gasteiger partial charge is 0.449 e. The molecule has 0 saturated heterocycles. The number of likely N-dealkylation sites (N-methyl/N-ethyl adjacent to an activating group) is 1. The number of benzene rings is 1. The molecule has 1 aromatic carbocycles. The van der Waals surface area contributed by atoms with Crippen LogP contribution in [0.25, 0.3) is 0 Å². The summed E-state index contributed by atoms with van der Waals surface area (Å²) in [6.07, 6.45) is -0.127. The van der Waals surface area contributed by atoms with Gasteiger partial charge < -0.3 is 10.1 Å². The molecule has 2 amide bonds. The topological polar surface area (TPSA) is 67.4 Å². The maximum Gasteiger partial charge on any atom is 0.411 e. The predicted octanol–water partition coefficient (Wildman–Crippen LogP) is 2.49. The lowest BCUT2D eigenvalue weighted by Gasteiger charge is -2.11. The fourth-order valence-electron chi connectivity index (χ4n) is 1.63. The molecule has 0 atom stereocenters. The fourth-order valence-corrected chi connectivity index (χ4v) is 1.63. The van der Waals surface area contributed by atoms with Crippen molar-refractivity contribution in [1.29, 1.82) is 0 Å². The summed E-state index contributed by atoms with van der Waals surface area (Å²) < 4.78 is 5.05. The predicted molar refractivity (Wildman–Crippen MR) is 78.8 cm³/mol. The number of carbonyl (C=O) groups is 2. The van der Waals surface area contributed by atoms with Crippen molar-refractivity contribution in [2.45, 2.75) is 27.2 Å². The van der Waals surface area contributed by atoms with Crippen LogP contribution in [0, 0.1) is 12.8 Å². The number of hydrogen-bond donors (Lipinski definition) is 2. The molecule has 5 heteroatoms. The molecule has 20 heavy (non-hydrogen) atoms. The normalized spacial score (nSPS) is 10.2. The molecule has 0 aromatic heterocycles. The van der Waals surface area contributed by atoms with Gasteiger partial charge in [0.15, 0.2) is 0 Å². The number of amides is 2. The fraction of sp³-hybridized carbons (Fsp3) is 0.467. The van der Waals surface area contributed by atoms with Gasteiger partial charge in [0.05, 0.1) is 13.0 Å². The number of nitrogens with one attached hydrogen (secondary N) is 2. The van der Waals surface area contributed by atoms with Gasteiger partial charge in [0, 0.05) is 12.7 Å². The van der Waals surface area contributed by atoms with Gasteiger partial charge in [-0.2, -0.15) is 0 Å². The van der Waals surface area contributed by atoms with E-state index in [9.17, 15) is 9.59 Å². The lowest BCUT2D eigenvalue weighted by molar-refractivity contribution is -0.119. The Kier molecular flexibility index (Phi) is 6.03. The van der Waals surface area contributed by atoms with Crippen LogP contribution in [0.5, 0.6) is 0 Å². The summed E-state index contributed by atoms with van der Waals surface area (Å²) >= 11 is 0. The number of ether oxygens (including phenoxy) is 1. The SMILES string of the molecule is CNC(=O)Cc1ccc(NC(=O)OCC(C)C)cc1C. The van der Waals surface area contributed by atoms with Crippen LogP contribution in [0.15, 0.2) is 18.2 Å². The van der Waals surface area contributed by atoms with E-state index >= 15 is 0 Å². The third kappa shape index (κ3) is 5.30. The Balaban J connectivity index is 2.63. The number of aryl methyl sites for hydroxylation is 1. The first-order valence-corrected chi connectivity index (χ1v) is 6.66. The third-order valence-corrected chi connectivity index (χ3v) is 2.77. The minimum Gasteiger partial charge on any atom is -0.449 e. The van der Waals surface area contributed by atoms with E-state index in [1.807, 2.05) is 32.9 Å². The van der Waals surface area contributed by atoms with Gasteiger partial charge in [0.25, 0.3) is 0 Å². The van der Waals surface area contributed by atoms with Gasteiger partial charge in [-0.05, 0) is 36.1 Å². The molecule has 0 radical (unpaired) electrons. The van der Waals surface area contributed by atoms with Crippen molar-refractivity contribution in [2.75, 3.05) is 19.0 Å². The molecule has 1 aromatic rings.